The number of ether oxygens (including phenoxy) is 1. The van der Waals surface area contributed by atoms with Gasteiger partial charge >= 0.3 is 5.97 Å². The van der Waals surface area contributed by atoms with Crippen molar-refractivity contribution in [3.63, 3.8) is 0 Å². The Balaban J connectivity index is 1.90. The molecule has 0 radical (unpaired) electrons. The van der Waals surface area contributed by atoms with Crippen molar-refractivity contribution in [3.8, 4) is 0 Å². The number of hydrogen-bond acceptors (Lipinski definition) is 3. The van der Waals surface area contributed by atoms with Crippen molar-refractivity contribution < 1.29 is 23.8 Å². The number of likely N-dealkylation sites (N-methyl/N-ethyl adjacent to an activating group) is 1. The molecular weight excluding hydrogens is 277 g/mol. The first kappa shape index (κ1) is 15.4. The van der Waals surface area contributed by atoms with E-state index in [0.29, 0.717) is 6.42 Å². The number of hydrogen-bond donors (Lipinski definition) is 1. The number of rotatable bonds is 5. The smallest absolute Gasteiger partial charge is 0.311 e. The van der Waals surface area contributed by atoms with Gasteiger partial charge < -0.3 is 14.7 Å². The van der Waals surface area contributed by atoms with E-state index in [4.69, 9.17) is 9.84 Å². The quantitative estimate of drug-likeness (QED) is 0.889. The van der Waals surface area contributed by atoms with Gasteiger partial charge in [0.05, 0.1) is 19.3 Å². The third-order valence-electron chi connectivity index (χ3n) is 3.80. The number of amides is 1. The van der Waals surface area contributed by atoms with E-state index < -0.39 is 17.9 Å². The fourth-order valence-electron chi connectivity index (χ4n) is 2.42. The Morgan fingerprint density at radius 2 is 2.00 bits per heavy atom. The molecule has 1 saturated heterocycles. The zero-order valence-corrected chi connectivity index (χ0v) is 11.8. The third-order valence-corrected chi connectivity index (χ3v) is 3.80. The Hall–Kier alpha value is -1.95. The Bertz CT molecular complexity index is 517. The summed E-state index contributed by atoms with van der Waals surface area (Å²) < 4.78 is 18.0. The fraction of sp³-hybridized carbons (Fsp3) is 0.467. The van der Waals surface area contributed by atoms with Crippen molar-refractivity contribution in [2.75, 3.05) is 20.3 Å². The molecule has 1 fully saturated rings. The van der Waals surface area contributed by atoms with Crippen LogP contribution >= 0.6 is 0 Å². The molecule has 1 aromatic carbocycles. The lowest BCUT2D eigenvalue weighted by Gasteiger charge is -2.26. The normalized spacial score (nSPS) is 21.2. The summed E-state index contributed by atoms with van der Waals surface area (Å²) in [6.07, 6.45) is 0.750. The minimum absolute atomic E-state index is 0.135. The summed E-state index contributed by atoms with van der Waals surface area (Å²) in [5.41, 5.74) is 0.871. The second-order valence-corrected chi connectivity index (χ2v) is 5.18. The molecule has 0 aliphatic carbocycles. The number of aryl methyl sites for hydroxylation is 1. The Morgan fingerprint density at radius 3 is 2.62 bits per heavy atom. The van der Waals surface area contributed by atoms with E-state index in [0.717, 1.165) is 5.56 Å². The topological polar surface area (TPSA) is 66.8 Å². The lowest BCUT2D eigenvalue weighted by atomic mass is 10.0. The van der Waals surface area contributed by atoms with Crippen LogP contribution in [-0.4, -0.2) is 48.2 Å². The molecule has 2 rings (SSSR count). The number of carbonyl (C=O) groups excluding carboxylic acids is 1. The fourth-order valence-corrected chi connectivity index (χ4v) is 2.42. The van der Waals surface area contributed by atoms with Gasteiger partial charge in [0.15, 0.2) is 0 Å². The number of halogens is 1. The maximum absolute atomic E-state index is 12.8. The SMILES string of the molecule is CN(C(=O)CCc1ccc(F)cc1)C1COCC1C(=O)O. The van der Waals surface area contributed by atoms with Crippen molar-refractivity contribution in [2.24, 2.45) is 5.92 Å². The zero-order chi connectivity index (χ0) is 15.4. The van der Waals surface area contributed by atoms with E-state index >= 15 is 0 Å². The molecule has 0 spiro atoms. The van der Waals surface area contributed by atoms with E-state index in [1.54, 1.807) is 19.2 Å². The Morgan fingerprint density at radius 1 is 1.33 bits per heavy atom. The van der Waals surface area contributed by atoms with Gasteiger partial charge in [-0.3, -0.25) is 9.59 Å². The highest BCUT2D eigenvalue weighted by Crippen LogP contribution is 2.20. The average Bonchev–Trinajstić information content (AvgIpc) is 2.95. The molecule has 1 heterocycles. The van der Waals surface area contributed by atoms with Crippen LogP contribution in [0.1, 0.15) is 12.0 Å². The summed E-state index contributed by atoms with van der Waals surface area (Å²) in [6.45, 7) is 0.380. The van der Waals surface area contributed by atoms with Crippen molar-refractivity contribution in [3.05, 3.63) is 35.6 Å². The van der Waals surface area contributed by atoms with Gasteiger partial charge in [0.2, 0.25) is 5.91 Å². The minimum atomic E-state index is -0.948. The van der Waals surface area contributed by atoms with Crippen LogP contribution < -0.4 is 0 Å². The summed E-state index contributed by atoms with van der Waals surface area (Å²) in [6, 6.07) is 5.56. The highest BCUT2D eigenvalue weighted by atomic mass is 19.1. The predicted octanol–water partition coefficient (Wildman–Crippen LogP) is 1.32. The van der Waals surface area contributed by atoms with Crippen molar-refractivity contribution in [2.45, 2.75) is 18.9 Å². The third kappa shape index (κ3) is 3.78. The largest absolute Gasteiger partial charge is 0.481 e. The van der Waals surface area contributed by atoms with Gasteiger partial charge in [0.1, 0.15) is 11.7 Å². The molecule has 6 heteroatoms. The molecule has 114 valence electrons. The molecule has 2 atom stereocenters. The molecule has 1 aromatic rings. The van der Waals surface area contributed by atoms with E-state index in [1.165, 1.54) is 17.0 Å². The highest BCUT2D eigenvalue weighted by molar-refractivity contribution is 5.78. The monoisotopic (exact) mass is 295 g/mol. The molecule has 21 heavy (non-hydrogen) atoms. The van der Waals surface area contributed by atoms with Crippen LogP contribution in [0, 0.1) is 11.7 Å². The van der Waals surface area contributed by atoms with Gasteiger partial charge in [-0.1, -0.05) is 12.1 Å². The molecule has 5 nitrogen and oxygen atoms in total. The molecule has 0 saturated carbocycles. The molecule has 0 bridgehead atoms. The first-order valence-electron chi connectivity index (χ1n) is 6.79. The summed E-state index contributed by atoms with van der Waals surface area (Å²) in [4.78, 5) is 24.7. The predicted molar refractivity (Wildman–Crippen MR) is 73.2 cm³/mol. The summed E-state index contributed by atoms with van der Waals surface area (Å²) in [5.74, 6) is -2.07. The number of nitrogens with zero attached hydrogens (tertiary/aromatic N) is 1. The second-order valence-electron chi connectivity index (χ2n) is 5.18. The van der Waals surface area contributed by atoms with Crippen molar-refractivity contribution in [1.82, 2.24) is 4.90 Å². The molecule has 1 aliphatic rings. The average molecular weight is 295 g/mol. The zero-order valence-electron chi connectivity index (χ0n) is 11.8. The van der Waals surface area contributed by atoms with Crippen LogP contribution in [0.25, 0.3) is 0 Å². The summed E-state index contributed by atoms with van der Waals surface area (Å²) in [5, 5.41) is 9.09. The minimum Gasteiger partial charge on any atom is -0.481 e. The first-order chi connectivity index (χ1) is 9.99. The van der Waals surface area contributed by atoms with Crippen LogP contribution in [0.4, 0.5) is 4.39 Å². The van der Waals surface area contributed by atoms with Gasteiger partial charge in [0, 0.05) is 13.5 Å². The summed E-state index contributed by atoms with van der Waals surface area (Å²) in [7, 11) is 1.60. The standard InChI is InChI=1S/C15H18FNO4/c1-17(13-9-21-8-12(13)15(19)20)14(18)7-4-10-2-5-11(16)6-3-10/h2-3,5-6,12-13H,4,7-9H2,1H3,(H,19,20). The lowest BCUT2D eigenvalue weighted by Crippen LogP contribution is -2.44. The van der Waals surface area contributed by atoms with Gasteiger partial charge in [-0.2, -0.15) is 0 Å². The number of carbonyl (C=O) groups is 2. The van der Waals surface area contributed by atoms with Gasteiger partial charge in [-0.25, -0.2) is 4.39 Å². The Kier molecular flexibility index (Phi) is 4.90. The van der Waals surface area contributed by atoms with Crippen LogP contribution in [0.2, 0.25) is 0 Å². The number of benzene rings is 1. The van der Waals surface area contributed by atoms with Crippen LogP contribution in [0.5, 0.6) is 0 Å². The van der Waals surface area contributed by atoms with Gasteiger partial charge in [0.25, 0.3) is 0 Å². The van der Waals surface area contributed by atoms with Crippen LogP contribution in [0.15, 0.2) is 24.3 Å². The number of carboxylic acid groups (broad SMARTS) is 1. The summed E-state index contributed by atoms with van der Waals surface area (Å²) >= 11 is 0. The van der Waals surface area contributed by atoms with Crippen LogP contribution in [-0.2, 0) is 20.7 Å². The maximum Gasteiger partial charge on any atom is 0.311 e. The molecule has 2 unspecified atom stereocenters. The van der Waals surface area contributed by atoms with E-state index in [-0.39, 0.29) is 31.4 Å². The molecule has 1 amide bonds. The second kappa shape index (κ2) is 6.67. The van der Waals surface area contributed by atoms with Gasteiger partial charge in [-0.15, -0.1) is 0 Å². The van der Waals surface area contributed by atoms with Crippen molar-refractivity contribution in [1.29, 1.82) is 0 Å². The maximum atomic E-state index is 12.8. The van der Waals surface area contributed by atoms with E-state index in [9.17, 15) is 14.0 Å². The molecule has 1 N–H and O–H groups in total. The highest BCUT2D eigenvalue weighted by Gasteiger charge is 2.38. The van der Waals surface area contributed by atoms with E-state index in [1.807, 2.05) is 0 Å². The van der Waals surface area contributed by atoms with Gasteiger partial charge in [-0.05, 0) is 24.1 Å². The molecular formula is C15H18FNO4. The number of carboxylic acids is 1. The number of aliphatic carboxylic acids is 1. The molecule has 0 aromatic heterocycles. The van der Waals surface area contributed by atoms with Crippen molar-refractivity contribution >= 4 is 11.9 Å². The van der Waals surface area contributed by atoms with Crippen LogP contribution in [0.3, 0.4) is 0 Å². The Labute approximate surface area is 122 Å². The first-order valence-corrected chi connectivity index (χ1v) is 6.79. The molecule has 1 aliphatic heterocycles. The van der Waals surface area contributed by atoms with E-state index in [2.05, 4.69) is 0 Å². The lowest BCUT2D eigenvalue weighted by molar-refractivity contribution is -0.144.